The monoisotopic (exact) mass is 475 g/mol. The Bertz CT molecular complexity index is 643. The van der Waals surface area contributed by atoms with E-state index in [9.17, 15) is 19.4 Å². The molecule has 0 fully saturated rings. The van der Waals surface area contributed by atoms with Crippen LogP contribution < -0.4 is 5.32 Å². The van der Waals surface area contributed by atoms with E-state index < -0.39 is 20.0 Å². The number of hydrogen-bond acceptors (Lipinski definition) is 5. The van der Waals surface area contributed by atoms with Crippen LogP contribution in [-0.4, -0.2) is 73.4 Å². The van der Waals surface area contributed by atoms with Crippen LogP contribution in [0.1, 0.15) is 52.4 Å². The Morgan fingerprint density at radius 3 is 2.09 bits per heavy atom. The molecular weight excluding hydrogens is 431 g/mol. The highest BCUT2D eigenvalue weighted by Gasteiger charge is 2.27. The van der Waals surface area contributed by atoms with Crippen molar-refractivity contribution in [2.75, 3.05) is 40.9 Å². The minimum atomic E-state index is -4.29. The number of amides is 1. The van der Waals surface area contributed by atoms with Crippen molar-refractivity contribution in [2.24, 2.45) is 0 Å². The minimum Gasteiger partial charge on any atom is -0.387 e. The molecule has 0 aliphatic heterocycles. The van der Waals surface area contributed by atoms with Crippen molar-refractivity contribution in [2.45, 2.75) is 64.5 Å². The van der Waals surface area contributed by atoms with Crippen molar-refractivity contribution in [1.82, 2.24) is 5.32 Å². The summed E-state index contributed by atoms with van der Waals surface area (Å²) in [7, 11) is 1.52. The third kappa shape index (κ3) is 18.3. The van der Waals surface area contributed by atoms with Gasteiger partial charge in [0.15, 0.2) is 0 Å². The number of nitrogens with zero attached hydrogens (tertiary/aromatic N) is 1. The molecule has 3 N–H and O–H groups in total. The van der Waals surface area contributed by atoms with Crippen molar-refractivity contribution in [3.8, 4) is 0 Å². The lowest BCUT2D eigenvalue weighted by Crippen LogP contribution is -2.45. The average Bonchev–Trinajstić information content (AvgIpc) is 2.70. The van der Waals surface area contributed by atoms with Crippen LogP contribution in [0.15, 0.2) is 36.5 Å². The summed E-state index contributed by atoms with van der Waals surface area (Å²) >= 11 is 0. The quantitative estimate of drug-likeness (QED) is 0.121. The molecule has 0 aromatic heterocycles. The van der Waals surface area contributed by atoms with Crippen LogP contribution in [0, 0.1) is 0 Å². The van der Waals surface area contributed by atoms with Gasteiger partial charge < -0.3 is 19.8 Å². The van der Waals surface area contributed by atoms with Gasteiger partial charge >= 0.3 is 7.82 Å². The minimum absolute atomic E-state index is 0.0497. The van der Waals surface area contributed by atoms with E-state index in [-0.39, 0.29) is 25.5 Å². The number of likely N-dealkylation sites (N-methyl/N-ethyl adjacent to an activating group) is 1. The van der Waals surface area contributed by atoms with Crippen LogP contribution in [0.5, 0.6) is 0 Å². The van der Waals surface area contributed by atoms with E-state index in [1.807, 2.05) is 27.2 Å². The molecule has 0 radical (unpaired) electrons. The first-order valence-corrected chi connectivity index (χ1v) is 12.9. The third-order valence-electron chi connectivity index (χ3n) is 4.42. The Balaban J connectivity index is 4.58. The lowest BCUT2D eigenvalue weighted by atomic mass is 10.1. The van der Waals surface area contributed by atoms with Crippen molar-refractivity contribution < 1.29 is 32.9 Å². The standard InChI is InChI=1S/C23H43N2O6P/c1-6-8-9-10-11-12-13-14-15-16-17-22(26)21(24-23(27)7-2)20-31-32(28,29)30-19-18-25(3,4)5/h8-9,12-13,16-17,21-22,26H,6-7,10-11,14-15,18-20H2,1-5H3,(H-,24,27,28,29)/p+1/b9-8+,13-12+,17-16+. The molecule has 9 heteroatoms. The van der Waals surface area contributed by atoms with Gasteiger partial charge in [-0.2, -0.15) is 0 Å². The second-order valence-electron chi connectivity index (χ2n) is 8.56. The number of nitrogens with one attached hydrogen (secondary N) is 1. The fourth-order valence-electron chi connectivity index (χ4n) is 2.45. The van der Waals surface area contributed by atoms with Gasteiger partial charge in [0.2, 0.25) is 5.91 Å². The molecule has 0 spiro atoms. The Kier molecular flexibility index (Phi) is 16.5. The second-order valence-corrected chi connectivity index (χ2v) is 10.0. The number of rotatable bonds is 18. The van der Waals surface area contributed by atoms with Crippen LogP contribution in [0.2, 0.25) is 0 Å². The zero-order valence-corrected chi connectivity index (χ0v) is 21.3. The summed E-state index contributed by atoms with van der Waals surface area (Å²) in [6.45, 7) is 4.03. The number of quaternary nitrogens is 1. The summed E-state index contributed by atoms with van der Waals surface area (Å²) in [4.78, 5) is 21.7. The van der Waals surface area contributed by atoms with Crippen molar-refractivity contribution >= 4 is 13.7 Å². The molecule has 0 aliphatic carbocycles. The highest BCUT2D eigenvalue weighted by atomic mass is 31.2. The Hall–Kier alpha value is -1.28. The number of phosphoric ester groups is 1. The number of carbonyl (C=O) groups is 1. The van der Waals surface area contributed by atoms with E-state index in [0.29, 0.717) is 11.0 Å². The number of phosphoric acid groups is 1. The van der Waals surface area contributed by atoms with Gasteiger partial charge in [0.05, 0.1) is 39.9 Å². The molecule has 8 nitrogen and oxygen atoms in total. The van der Waals surface area contributed by atoms with Crippen LogP contribution in [0.25, 0.3) is 0 Å². The molecule has 0 aromatic carbocycles. The number of carbonyl (C=O) groups excluding carboxylic acids is 1. The normalized spacial score (nSPS) is 16.6. The molecule has 3 unspecified atom stereocenters. The first-order valence-electron chi connectivity index (χ1n) is 11.4. The van der Waals surface area contributed by atoms with E-state index in [1.165, 1.54) is 0 Å². The molecule has 0 saturated carbocycles. The van der Waals surface area contributed by atoms with E-state index in [1.54, 1.807) is 13.0 Å². The highest BCUT2D eigenvalue weighted by molar-refractivity contribution is 7.47. The molecular formula is C23H44N2O6P+. The van der Waals surface area contributed by atoms with Crippen LogP contribution >= 0.6 is 7.82 Å². The van der Waals surface area contributed by atoms with E-state index in [4.69, 9.17) is 9.05 Å². The van der Waals surface area contributed by atoms with Gasteiger partial charge in [0.25, 0.3) is 0 Å². The zero-order chi connectivity index (χ0) is 24.5. The van der Waals surface area contributed by atoms with Crippen molar-refractivity contribution in [3.05, 3.63) is 36.5 Å². The topological polar surface area (TPSA) is 105 Å². The highest BCUT2D eigenvalue weighted by Crippen LogP contribution is 2.43. The molecule has 3 atom stereocenters. The van der Waals surface area contributed by atoms with E-state index in [2.05, 4.69) is 36.5 Å². The Morgan fingerprint density at radius 2 is 1.56 bits per heavy atom. The molecule has 32 heavy (non-hydrogen) atoms. The van der Waals surface area contributed by atoms with E-state index in [0.717, 1.165) is 32.1 Å². The fourth-order valence-corrected chi connectivity index (χ4v) is 3.19. The molecule has 0 aromatic rings. The summed E-state index contributed by atoms with van der Waals surface area (Å²) in [5.74, 6) is -0.287. The number of allylic oxidation sites excluding steroid dienone is 5. The van der Waals surface area contributed by atoms with Crippen molar-refractivity contribution in [1.29, 1.82) is 0 Å². The number of aliphatic hydroxyl groups is 1. The molecule has 186 valence electrons. The van der Waals surface area contributed by atoms with Gasteiger partial charge in [-0.05, 0) is 32.1 Å². The lowest BCUT2D eigenvalue weighted by Gasteiger charge is -2.25. The predicted molar refractivity (Wildman–Crippen MR) is 129 cm³/mol. The van der Waals surface area contributed by atoms with Crippen LogP contribution in [-0.2, 0) is 18.4 Å². The van der Waals surface area contributed by atoms with Gasteiger partial charge in [-0.1, -0.05) is 50.3 Å². The second kappa shape index (κ2) is 17.2. The number of aliphatic hydroxyl groups excluding tert-OH is 1. The fraction of sp³-hybridized carbons (Fsp3) is 0.696. The average molecular weight is 476 g/mol. The molecule has 0 rings (SSSR count). The lowest BCUT2D eigenvalue weighted by molar-refractivity contribution is -0.870. The Labute approximate surface area is 194 Å². The van der Waals surface area contributed by atoms with Gasteiger partial charge in [-0.3, -0.25) is 13.8 Å². The van der Waals surface area contributed by atoms with Gasteiger partial charge in [-0.25, -0.2) is 4.57 Å². The maximum absolute atomic E-state index is 12.1. The van der Waals surface area contributed by atoms with Gasteiger partial charge in [-0.15, -0.1) is 0 Å². The zero-order valence-electron chi connectivity index (χ0n) is 20.4. The molecule has 0 aliphatic rings. The molecule has 0 heterocycles. The van der Waals surface area contributed by atoms with Gasteiger partial charge in [0, 0.05) is 6.42 Å². The summed E-state index contributed by atoms with van der Waals surface area (Å²) in [6, 6.07) is -0.859. The number of unbranched alkanes of at least 4 members (excludes halogenated alkanes) is 2. The maximum Gasteiger partial charge on any atom is 0.472 e. The molecule has 0 saturated heterocycles. The predicted octanol–water partition coefficient (Wildman–Crippen LogP) is 3.72. The summed E-state index contributed by atoms with van der Waals surface area (Å²) in [6.07, 6.45) is 15.8. The Morgan fingerprint density at radius 1 is 1.00 bits per heavy atom. The van der Waals surface area contributed by atoms with Crippen molar-refractivity contribution in [3.63, 3.8) is 0 Å². The molecule has 1 amide bonds. The number of hydrogen-bond donors (Lipinski definition) is 3. The third-order valence-corrected chi connectivity index (χ3v) is 5.40. The van der Waals surface area contributed by atoms with Crippen LogP contribution in [0.4, 0.5) is 0 Å². The first kappa shape index (κ1) is 30.7. The largest absolute Gasteiger partial charge is 0.472 e. The van der Waals surface area contributed by atoms with Gasteiger partial charge in [0.1, 0.15) is 13.2 Å². The molecule has 0 bridgehead atoms. The summed E-state index contributed by atoms with van der Waals surface area (Å²) in [5.41, 5.74) is 0. The smallest absolute Gasteiger partial charge is 0.387 e. The SMILES string of the molecule is CC/C=C/CC/C=C/CC/C=C/C(O)C(COP(=O)(O)OCC[N+](C)(C)C)NC(=O)CC. The van der Waals surface area contributed by atoms with E-state index >= 15 is 0 Å². The maximum atomic E-state index is 12.1. The first-order chi connectivity index (χ1) is 15.0. The van der Waals surface area contributed by atoms with Crippen LogP contribution in [0.3, 0.4) is 0 Å². The summed E-state index contributed by atoms with van der Waals surface area (Å²) in [5, 5.41) is 13.1. The summed E-state index contributed by atoms with van der Waals surface area (Å²) < 4.78 is 22.7.